The Morgan fingerprint density at radius 3 is 2.86 bits per heavy atom. The molecule has 2 N–H and O–H groups in total. The summed E-state index contributed by atoms with van der Waals surface area (Å²) in [5, 5.41) is 18.1. The summed E-state index contributed by atoms with van der Waals surface area (Å²) < 4.78 is 0. The maximum absolute atomic E-state index is 10.9. The van der Waals surface area contributed by atoms with Gasteiger partial charge in [0.1, 0.15) is 0 Å². The molecule has 1 aromatic rings. The fourth-order valence-electron chi connectivity index (χ4n) is 3.81. The molecule has 0 aromatic heterocycles. The van der Waals surface area contributed by atoms with Crippen molar-refractivity contribution in [3.05, 3.63) is 33.9 Å². The van der Waals surface area contributed by atoms with E-state index in [1.54, 1.807) is 12.1 Å². The molecule has 3 rings (SSSR count). The molecule has 1 heterocycles. The molecule has 2 fully saturated rings. The Hall–Kier alpha value is -1.62. The van der Waals surface area contributed by atoms with Gasteiger partial charge in [0.25, 0.3) is 5.69 Å². The number of benzene rings is 1. The first-order valence-corrected chi connectivity index (χ1v) is 7.90. The van der Waals surface area contributed by atoms with E-state index in [4.69, 9.17) is 0 Å². The van der Waals surface area contributed by atoms with Crippen molar-refractivity contribution in [1.82, 2.24) is 5.32 Å². The van der Waals surface area contributed by atoms with Gasteiger partial charge in [-0.15, -0.1) is 0 Å². The molecule has 114 valence electrons. The second kappa shape index (κ2) is 6.02. The zero-order valence-electron chi connectivity index (χ0n) is 12.5. The minimum absolute atomic E-state index is 0.164. The van der Waals surface area contributed by atoms with Crippen LogP contribution < -0.4 is 10.6 Å². The molecule has 0 bridgehead atoms. The number of aryl methyl sites for hydroxylation is 1. The monoisotopic (exact) mass is 289 g/mol. The highest BCUT2D eigenvalue weighted by Gasteiger charge is 2.35. The Balaban J connectivity index is 1.75. The van der Waals surface area contributed by atoms with Crippen LogP contribution in [0.5, 0.6) is 0 Å². The van der Waals surface area contributed by atoms with Gasteiger partial charge in [-0.05, 0) is 50.6 Å². The minimum atomic E-state index is -0.324. The number of anilines is 1. The van der Waals surface area contributed by atoms with Crippen molar-refractivity contribution in [1.29, 1.82) is 0 Å². The van der Waals surface area contributed by atoms with Gasteiger partial charge in [0.05, 0.1) is 4.92 Å². The first kappa shape index (κ1) is 14.3. The summed E-state index contributed by atoms with van der Waals surface area (Å²) in [5.41, 5.74) is 2.15. The lowest BCUT2D eigenvalue weighted by molar-refractivity contribution is -0.384. The minimum Gasteiger partial charge on any atom is -0.382 e. The van der Waals surface area contributed by atoms with Gasteiger partial charge in [-0.3, -0.25) is 10.1 Å². The molecule has 0 spiro atoms. The lowest BCUT2D eigenvalue weighted by Gasteiger charge is -2.27. The molecule has 3 atom stereocenters. The van der Waals surface area contributed by atoms with Crippen LogP contribution in [0.1, 0.15) is 37.7 Å². The van der Waals surface area contributed by atoms with Crippen LogP contribution in [0.25, 0.3) is 0 Å². The molecule has 1 aromatic carbocycles. The zero-order chi connectivity index (χ0) is 14.8. The van der Waals surface area contributed by atoms with E-state index in [9.17, 15) is 10.1 Å². The van der Waals surface area contributed by atoms with E-state index in [0.717, 1.165) is 24.2 Å². The molecule has 5 heteroatoms. The van der Waals surface area contributed by atoms with E-state index in [1.165, 1.54) is 25.7 Å². The van der Waals surface area contributed by atoms with Crippen molar-refractivity contribution in [2.45, 2.75) is 51.1 Å². The molecule has 5 nitrogen and oxygen atoms in total. The van der Waals surface area contributed by atoms with Crippen molar-refractivity contribution in [2.75, 3.05) is 11.9 Å². The van der Waals surface area contributed by atoms with Gasteiger partial charge in [-0.1, -0.05) is 12.5 Å². The predicted octanol–water partition coefficient (Wildman–Crippen LogP) is 3.24. The average molecular weight is 289 g/mol. The highest BCUT2D eigenvalue weighted by atomic mass is 16.6. The molecule has 3 unspecified atom stereocenters. The van der Waals surface area contributed by atoms with Crippen LogP contribution in [0.4, 0.5) is 11.4 Å². The molecular formula is C16H23N3O2. The topological polar surface area (TPSA) is 67.2 Å². The molecule has 1 saturated carbocycles. The van der Waals surface area contributed by atoms with E-state index >= 15 is 0 Å². The molecule has 21 heavy (non-hydrogen) atoms. The van der Waals surface area contributed by atoms with E-state index < -0.39 is 0 Å². The number of nitrogens with zero attached hydrogens (tertiary/aromatic N) is 1. The Morgan fingerprint density at radius 1 is 1.29 bits per heavy atom. The molecule has 2 aliphatic rings. The van der Waals surface area contributed by atoms with Crippen LogP contribution in [0.15, 0.2) is 18.2 Å². The lowest BCUT2D eigenvalue weighted by Crippen LogP contribution is -2.38. The van der Waals surface area contributed by atoms with Crippen molar-refractivity contribution in [2.24, 2.45) is 5.92 Å². The molecule has 1 aliphatic heterocycles. The molecule has 0 amide bonds. The number of nitro benzene ring substituents is 1. The Labute approximate surface area is 125 Å². The van der Waals surface area contributed by atoms with Crippen molar-refractivity contribution in [3.63, 3.8) is 0 Å². The third kappa shape index (κ3) is 3.02. The van der Waals surface area contributed by atoms with Gasteiger partial charge >= 0.3 is 0 Å². The average Bonchev–Trinajstić information content (AvgIpc) is 3.11. The Bertz CT molecular complexity index is 526. The summed E-state index contributed by atoms with van der Waals surface area (Å²) in [4.78, 5) is 10.6. The fourth-order valence-corrected chi connectivity index (χ4v) is 3.81. The summed E-state index contributed by atoms with van der Waals surface area (Å²) in [7, 11) is 0. The molecule has 1 saturated heterocycles. The van der Waals surface area contributed by atoms with Crippen LogP contribution in [-0.4, -0.2) is 23.6 Å². The number of nitrogens with one attached hydrogen (secondary N) is 2. The standard InChI is InChI=1S/C16H23N3O2/c1-11-7-8-12(19(20)21)10-16(11)18-15-5-2-4-13(15)14-6-3-9-17-14/h7-8,10,13-15,17-18H,2-6,9H2,1H3. The first-order valence-electron chi connectivity index (χ1n) is 7.90. The number of nitro groups is 1. The van der Waals surface area contributed by atoms with Crippen LogP contribution in [0.2, 0.25) is 0 Å². The van der Waals surface area contributed by atoms with Crippen LogP contribution >= 0.6 is 0 Å². The number of hydrogen-bond donors (Lipinski definition) is 2. The lowest BCUT2D eigenvalue weighted by atomic mass is 9.92. The highest BCUT2D eigenvalue weighted by Crippen LogP contribution is 2.35. The van der Waals surface area contributed by atoms with Gasteiger partial charge < -0.3 is 10.6 Å². The third-order valence-corrected chi connectivity index (χ3v) is 4.96. The second-order valence-corrected chi connectivity index (χ2v) is 6.30. The Kier molecular flexibility index (Phi) is 4.10. The quantitative estimate of drug-likeness (QED) is 0.659. The summed E-state index contributed by atoms with van der Waals surface area (Å²) in [6, 6.07) is 6.13. The molecule has 1 aliphatic carbocycles. The van der Waals surface area contributed by atoms with Gasteiger partial charge in [-0.25, -0.2) is 0 Å². The van der Waals surface area contributed by atoms with Crippen LogP contribution in [-0.2, 0) is 0 Å². The number of rotatable bonds is 4. The van der Waals surface area contributed by atoms with Gasteiger partial charge in [0, 0.05) is 29.9 Å². The van der Waals surface area contributed by atoms with Crippen molar-refractivity contribution in [3.8, 4) is 0 Å². The number of non-ortho nitro benzene ring substituents is 1. The third-order valence-electron chi connectivity index (χ3n) is 4.96. The summed E-state index contributed by atoms with van der Waals surface area (Å²) in [6.45, 7) is 3.13. The summed E-state index contributed by atoms with van der Waals surface area (Å²) >= 11 is 0. The smallest absolute Gasteiger partial charge is 0.271 e. The molecule has 0 radical (unpaired) electrons. The van der Waals surface area contributed by atoms with Gasteiger partial charge in [-0.2, -0.15) is 0 Å². The van der Waals surface area contributed by atoms with Gasteiger partial charge in [0.2, 0.25) is 0 Å². The second-order valence-electron chi connectivity index (χ2n) is 6.30. The maximum atomic E-state index is 10.9. The summed E-state index contributed by atoms with van der Waals surface area (Å²) in [6.07, 6.45) is 6.18. The van der Waals surface area contributed by atoms with E-state index in [-0.39, 0.29) is 10.6 Å². The van der Waals surface area contributed by atoms with E-state index in [0.29, 0.717) is 18.0 Å². The molecular weight excluding hydrogens is 266 g/mol. The van der Waals surface area contributed by atoms with Crippen LogP contribution in [0.3, 0.4) is 0 Å². The van der Waals surface area contributed by atoms with Crippen LogP contribution in [0, 0.1) is 23.0 Å². The highest BCUT2D eigenvalue weighted by molar-refractivity contribution is 5.57. The Morgan fingerprint density at radius 2 is 2.14 bits per heavy atom. The predicted molar refractivity (Wildman–Crippen MR) is 83.6 cm³/mol. The van der Waals surface area contributed by atoms with E-state index in [2.05, 4.69) is 10.6 Å². The number of hydrogen-bond acceptors (Lipinski definition) is 4. The van der Waals surface area contributed by atoms with Gasteiger partial charge in [0.15, 0.2) is 0 Å². The zero-order valence-corrected chi connectivity index (χ0v) is 12.5. The largest absolute Gasteiger partial charge is 0.382 e. The van der Waals surface area contributed by atoms with Crippen molar-refractivity contribution >= 4 is 11.4 Å². The fraction of sp³-hybridized carbons (Fsp3) is 0.625. The van der Waals surface area contributed by atoms with Crippen molar-refractivity contribution < 1.29 is 4.92 Å². The van der Waals surface area contributed by atoms with E-state index in [1.807, 2.05) is 13.0 Å². The summed E-state index contributed by atoms with van der Waals surface area (Å²) in [5.74, 6) is 0.645. The maximum Gasteiger partial charge on any atom is 0.271 e. The normalized spacial score (nSPS) is 28.7. The first-order chi connectivity index (χ1) is 10.1. The SMILES string of the molecule is Cc1ccc([N+](=O)[O-])cc1NC1CCCC1C1CCCN1.